The van der Waals surface area contributed by atoms with E-state index in [0.29, 0.717) is 13.2 Å². The molecule has 24 heavy (non-hydrogen) atoms. The van der Waals surface area contributed by atoms with Crippen molar-refractivity contribution in [3.05, 3.63) is 0 Å². The average Bonchev–Trinajstić information content (AvgIpc) is 3.06. The normalized spacial score (nSPS) is 26.2. The van der Waals surface area contributed by atoms with E-state index >= 15 is 0 Å². The molecule has 0 aromatic rings. The molecule has 6 nitrogen and oxygen atoms in total. The maximum absolute atomic E-state index is 12.4. The van der Waals surface area contributed by atoms with Gasteiger partial charge in [-0.1, -0.05) is 19.3 Å². The Bertz CT molecular complexity index is 446. The maximum Gasteiger partial charge on any atom is 0.242 e. The fourth-order valence-electron chi connectivity index (χ4n) is 4.08. The summed E-state index contributed by atoms with van der Waals surface area (Å²) in [6.07, 6.45) is 8.71. The number of hydrogen-bond donors (Lipinski definition) is 2. The van der Waals surface area contributed by atoms with Crippen LogP contribution in [0.25, 0.3) is 0 Å². The first-order valence-electron chi connectivity index (χ1n) is 9.47. The van der Waals surface area contributed by atoms with Crippen LogP contribution in [0.4, 0.5) is 0 Å². The molecule has 1 heterocycles. The van der Waals surface area contributed by atoms with Crippen LogP contribution in [0.5, 0.6) is 0 Å². The van der Waals surface area contributed by atoms with Crippen LogP contribution in [-0.2, 0) is 19.1 Å². The Morgan fingerprint density at radius 1 is 1.00 bits per heavy atom. The zero-order valence-electron chi connectivity index (χ0n) is 14.6. The summed E-state index contributed by atoms with van der Waals surface area (Å²) in [5, 5.41) is 5.96. The Kier molecular flexibility index (Phi) is 5.76. The van der Waals surface area contributed by atoms with Gasteiger partial charge in [0.2, 0.25) is 11.8 Å². The number of nitrogens with one attached hydrogen (secondary N) is 2. The van der Waals surface area contributed by atoms with Crippen molar-refractivity contribution in [1.29, 1.82) is 0 Å². The second-order valence-corrected chi connectivity index (χ2v) is 7.46. The highest BCUT2D eigenvalue weighted by Crippen LogP contribution is 2.35. The van der Waals surface area contributed by atoms with Gasteiger partial charge in [-0.2, -0.15) is 0 Å². The van der Waals surface area contributed by atoms with E-state index in [1.807, 2.05) is 0 Å². The molecule has 2 saturated carbocycles. The van der Waals surface area contributed by atoms with Crippen molar-refractivity contribution in [2.45, 2.75) is 82.6 Å². The van der Waals surface area contributed by atoms with Crippen LogP contribution in [0.15, 0.2) is 0 Å². The second kappa shape index (κ2) is 7.83. The van der Waals surface area contributed by atoms with Crippen LogP contribution >= 0.6 is 0 Å². The molecule has 0 aromatic carbocycles. The van der Waals surface area contributed by atoms with Gasteiger partial charge in [0.1, 0.15) is 6.04 Å². The SMILES string of the molecule is CC(NC(=O)C1CCCCC1)C(=O)NC1CCC2(CC1)OCCO2. The van der Waals surface area contributed by atoms with Crippen molar-refractivity contribution in [2.75, 3.05) is 13.2 Å². The number of hydrogen-bond acceptors (Lipinski definition) is 4. The summed E-state index contributed by atoms with van der Waals surface area (Å²) >= 11 is 0. The van der Waals surface area contributed by atoms with Crippen molar-refractivity contribution < 1.29 is 19.1 Å². The highest BCUT2D eigenvalue weighted by Gasteiger charge is 2.40. The molecule has 2 aliphatic carbocycles. The van der Waals surface area contributed by atoms with Gasteiger partial charge >= 0.3 is 0 Å². The third-order valence-corrected chi connectivity index (χ3v) is 5.64. The topological polar surface area (TPSA) is 76.7 Å². The molecular weight excluding hydrogens is 308 g/mol. The van der Waals surface area contributed by atoms with Gasteiger partial charge < -0.3 is 20.1 Å². The Morgan fingerprint density at radius 3 is 2.25 bits per heavy atom. The highest BCUT2D eigenvalue weighted by molar-refractivity contribution is 5.88. The minimum absolute atomic E-state index is 0.0349. The van der Waals surface area contributed by atoms with Crippen LogP contribution in [-0.4, -0.2) is 42.9 Å². The lowest BCUT2D eigenvalue weighted by Crippen LogP contribution is -2.51. The molecule has 0 aromatic heterocycles. The lowest BCUT2D eigenvalue weighted by atomic mass is 9.88. The minimum Gasteiger partial charge on any atom is -0.352 e. The van der Waals surface area contributed by atoms with E-state index in [1.54, 1.807) is 6.92 Å². The molecule has 1 saturated heterocycles. The molecule has 1 atom stereocenters. The molecule has 2 N–H and O–H groups in total. The van der Waals surface area contributed by atoms with Crippen LogP contribution in [0.2, 0.25) is 0 Å². The maximum atomic E-state index is 12.4. The van der Waals surface area contributed by atoms with Crippen LogP contribution < -0.4 is 10.6 Å². The summed E-state index contributed by atoms with van der Waals surface area (Å²) in [5.74, 6) is -0.372. The fraction of sp³-hybridized carbons (Fsp3) is 0.889. The van der Waals surface area contributed by atoms with E-state index in [0.717, 1.165) is 51.4 Å². The van der Waals surface area contributed by atoms with Gasteiger partial charge in [0.05, 0.1) is 13.2 Å². The number of carbonyl (C=O) groups excluding carboxylic acids is 2. The third-order valence-electron chi connectivity index (χ3n) is 5.64. The molecule has 3 aliphatic rings. The highest BCUT2D eigenvalue weighted by atomic mass is 16.7. The van der Waals surface area contributed by atoms with Crippen LogP contribution in [0, 0.1) is 5.92 Å². The Hall–Kier alpha value is -1.14. The lowest BCUT2D eigenvalue weighted by molar-refractivity contribution is -0.180. The van der Waals surface area contributed by atoms with Gasteiger partial charge in [-0.3, -0.25) is 9.59 Å². The largest absolute Gasteiger partial charge is 0.352 e. The molecule has 1 spiro atoms. The summed E-state index contributed by atoms with van der Waals surface area (Å²) in [4.78, 5) is 24.6. The van der Waals surface area contributed by atoms with Crippen LogP contribution in [0.3, 0.4) is 0 Å². The van der Waals surface area contributed by atoms with Gasteiger partial charge in [0, 0.05) is 24.8 Å². The molecule has 2 amide bonds. The quantitative estimate of drug-likeness (QED) is 0.820. The van der Waals surface area contributed by atoms with E-state index in [4.69, 9.17) is 9.47 Å². The Morgan fingerprint density at radius 2 is 1.62 bits per heavy atom. The molecule has 136 valence electrons. The number of carbonyl (C=O) groups is 2. The van der Waals surface area contributed by atoms with E-state index < -0.39 is 11.8 Å². The van der Waals surface area contributed by atoms with Crippen molar-refractivity contribution in [3.8, 4) is 0 Å². The van der Waals surface area contributed by atoms with Crippen molar-refractivity contribution >= 4 is 11.8 Å². The summed E-state index contributed by atoms with van der Waals surface area (Å²) in [7, 11) is 0. The van der Waals surface area contributed by atoms with Gasteiger partial charge in [0.25, 0.3) is 0 Å². The molecule has 0 radical (unpaired) electrons. The molecule has 3 fully saturated rings. The molecule has 1 unspecified atom stereocenters. The fourth-order valence-corrected chi connectivity index (χ4v) is 4.08. The van der Waals surface area contributed by atoms with E-state index in [9.17, 15) is 9.59 Å². The Balaban J connectivity index is 1.40. The van der Waals surface area contributed by atoms with Gasteiger partial charge in [-0.15, -0.1) is 0 Å². The summed E-state index contributed by atoms with van der Waals surface area (Å²) in [6, 6.07) is -0.334. The van der Waals surface area contributed by atoms with Crippen molar-refractivity contribution in [1.82, 2.24) is 10.6 Å². The van der Waals surface area contributed by atoms with E-state index in [-0.39, 0.29) is 23.8 Å². The van der Waals surface area contributed by atoms with E-state index in [2.05, 4.69) is 10.6 Å². The van der Waals surface area contributed by atoms with Gasteiger partial charge in [-0.05, 0) is 32.6 Å². The molecule has 3 rings (SSSR count). The smallest absolute Gasteiger partial charge is 0.242 e. The zero-order chi connectivity index (χ0) is 17.0. The standard InChI is InChI=1S/C18H30N2O4/c1-13(19-17(22)14-5-3-2-4-6-14)16(21)20-15-7-9-18(10-8-15)23-11-12-24-18/h13-15H,2-12H2,1H3,(H,19,22)(H,20,21). The number of ether oxygens (including phenoxy) is 2. The average molecular weight is 338 g/mol. The summed E-state index contributed by atoms with van der Waals surface area (Å²) < 4.78 is 11.4. The first-order valence-corrected chi connectivity index (χ1v) is 9.47. The first kappa shape index (κ1) is 17.7. The van der Waals surface area contributed by atoms with Crippen molar-refractivity contribution in [3.63, 3.8) is 0 Å². The van der Waals surface area contributed by atoms with Crippen LogP contribution in [0.1, 0.15) is 64.7 Å². The number of amides is 2. The van der Waals surface area contributed by atoms with E-state index in [1.165, 1.54) is 6.42 Å². The predicted molar refractivity (Wildman–Crippen MR) is 89.2 cm³/mol. The van der Waals surface area contributed by atoms with Gasteiger partial charge in [-0.25, -0.2) is 0 Å². The predicted octanol–water partition coefficient (Wildman–Crippen LogP) is 1.87. The zero-order valence-corrected chi connectivity index (χ0v) is 14.6. The lowest BCUT2D eigenvalue weighted by Gasteiger charge is -2.36. The molecule has 0 bridgehead atoms. The summed E-state index contributed by atoms with van der Waals surface area (Å²) in [5.41, 5.74) is 0. The Labute approximate surface area is 144 Å². The molecular formula is C18H30N2O4. The van der Waals surface area contributed by atoms with Crippen molar-refractivity contribution in [2.24, 2.45) is 5.92 Å². The molecule has 1 aliphatic heterocycles. The third kappa shape index (κ3) is 4.28. The summed E-state index contributed by atoms with van der Waals surface area (Å²) in [6.45, 7) is 3.10. The number of rotatable bonds is 4. The minimum atomic E-state index is -0.478. The van der Waals surface area contributed by atoms with Gasteiger partial charge in [0.15, 0.2) is 5.79 Å². The monoisotopic (exact) mass is 338 g/mol. The second-order valence-electron chi connectivity index (χ2n) is 7.46. The molecule has 6 heteroatoms. The first-order chi connectivity index (χ1) is 11.6.